The van der Waals surface area contributed by atoms with Crippen LogP contribution in [0.2, 0.25) is 0 Å². The zero-order chi connectivity index (χ0) is 18.6. The van der Waals surface area contributed by atoms with Gasteiger partial charge >= 0.3 is 0 Å². The van der Waals surface area contributed by atoms with Crippen molar-refractivity contribution in [3.63, 3.8) is 0 Å². The first kappa shape index (κ1) is 16.0. The molecule has 4 aliphatic heterocycles. The first-order valence-corrected chi connectivity index (χ1v) is 9.85. The standard InChI is InChI=1S/C21H24N2O4/c1-12(24)23-18-9-13-3-6-22-7-5-20(18,21(22)15(13)4-8-27-21)16-10-14(26-2)11-17(25)19(16)23/h4,10-11,13,18,25H,3,5-9H2,1-2H3/t13-,18-,20-,21+/m1/s1. The molecule has 6 nitrogen and oxygen atoms in total. The molecule has 1 aliphatic carbocycles. The first-order chi connectivity index (χ1) is 13.0. The predicted molar refractivity (Wildman–Crippen MR) is 99.0 cm³/mol. The number of hydrogen-bond donors (Lipinski definition) is 1. The van der Waals surface area contributed by atoms with Crippen LogP contribution in [0.1, 0.15) is 31.7 Å². The van der Waals surface area contributed by atoms with Gasteiger partial charge in [0.15, 0.2) is 5.72 Å². The van der Waals surface area contributed by atoms with Crippen molar-refractivity contribution >= 4 is 11.6 Å². The van der Waals surface area contributed by atoms with Crippen LogP contribution < -0.4 is 9.64 Å². The molecular weight excluding hydrogens is 344 g/mol. The third-order valence-electron chi connectivity index (χ3n) is 7.75. The van der Waals surface area contributed by atoms with Crippen LogP contribution >= 0.6 is 0 Å². The van der Waals surface area contributed by atoms with Crippen molar-refractivity contribution in [2.75, 3.05) is 31.7 Å². The summed E-state index contributed by atoms with van der Waals surface area (Å²) in [5, 5.41) is 10.9. The second-order valence-corrected chi connectivity index (χ2v) is 8.49. The van der Waals surface area contributed by atoms with Crippen molar-refractivity contribution in [2.24, 2.45) is 5.92 Å². The van der Waals surface area contributed by atoms with E-state index in [0.717, 1.165) is 37.9 Å². The van der Waals surface area contributed by atoms with Gasteiger partial charge in [-0.1, -0.05) is 6.08 Å². The highest BCUT2D eigenvalue weighted by Crippen LogP contribution is 2.70. The van der Waals surface area contributed by atoms with E-state index in [1.807, 2.05) is 11.0 Å². The molecule has 5 aliphatic rings. The summed E-state index contributed by atoms with van der Waals surface area (Å²) in [6.07, 6.45) is 5.24. The van der Waals surface area contributed by atoms with Crippen LogP contribution in [0, 0.1) is 5.92 Å². The highest BCUT2D eigenvalue weighted by atomic mass is 16.5. The molecule has 142 valence electrons. The average Bonchev–Trinajstić information content (AvgIpc) is 3.31. The molecule has 4 atom stereocenters. The molecule has 4 heterocycles. The number of carbonyl (C=O) groups is 1. The highest BCUT2D eigenvalue weighted by molar-refractivity contribution is 5.98. The molecule has 2 saturated heterocycles. The van der Waals surface area contributed by atoms with Gasteiger partial charge in [0, 0.05) is 26.1 Å². The van der Waals surface area contributed by atoms with E-state index in [2.05, 4.69) is 11.0 Å². The summed E-state index contributed by atoms with van der Waals surface area (Å²) in [6.45, 7) is 4.21. The van der Waals surface area contributed by atoms with Crippen molar-refractivity contribution in [3.8, 4) is 11.5 Å². The molecule has 0 radical (unpaired) electrons. The number of phenols is 1. The number of hydrogen-bond acceptors (Lipinski definition) is 5. The van der Waals surface area contributed by atoms with Crippen LogP contribution in [0.5, 0.6) is 11.5 Å². The fourth-order valence-corrected chi connectivity index (χ4v) is 7.00. The van der Waals surface area contributed by atoms with E-state index in [0.29, 0.717) is 24.0 Å². The lowest BCUT2D eigenvalue weighted by Gasteiger charge is -2.58. The zero-order valence-electron chi connectivity index (χ0n) is 15.7. The summed E-state index contributed by atoms with van der Waals surface area (Å²) in [5.74, 6) is 1.18. The topological polar surface area (TPSA) is 62.2 Å². The van der Waals surface area contributed by atoms with E-state index >= 15 is 0 Å². The molecule has 27 heavy (non-hydrogen) atoms. The molecule has 1 amide bonds. The number of rotatable bonds is 1. The number of ether oxygens (including phenoxy) is 2. The Kier molecular flexibility index (Phi) is 2.87. The van der Waals surface area contributed by atoms with Crippen LogP contribution in [0.25, 0.3) is 0 Å². The molecule has 3 fully saturated rings. The number of piperidine rings is 1. The molecule has 1 aromatic carbocycles. The second kappa shape index (κ2) is 4.86. The van der Waals surface area contributed by atoms with Gasteiger partial charge in [0.05, 0.1) is 30.9 Å². The number of carbonyl (C=O) groups excluding carboxylic acids is 1. The van der Waals surface area contributed by atoms with Gasteiger partial charge in [0.2, 0.25) is 5.91 Å². The minimum Gasteiger partial charge on any atom is -0.506 e. The zero-order valence-corrected chi connectivity index (χ0v) is 15.7. The van der Waals surface area contributed by atoms with Gasteiger partial charge in [0.1, 0.15) is 11.5 Å². The minimum atomic E-state index is -0.476. The Morgan fingerprint density at radius 3 is 3.00 bits per heavy atom. The number of nitrogens with zero attached hydrogens (tertiary/aromatic N) is 2. The van der Waals surface area contributed by atoms with Crippen molar-refractivity contribution in [3.05, 3.63) is 29.3 Å². The van der Waals surface area contributed by atoms with E-state index in [9.17, 15) is 9.90 Å². The molecular formula is C21H24N2O4. The molecule has 1 aromatic rings. The van der Waals surface area contributed by atoms with Crippen molar-refractivity contribution in [1.82, 2.24) is 4.90 Å². The van der Waals surface area contributed by atoms with Crippen LogP contribution in [0.3, 0.4) is 0 Å². The quantitative estimate of drug-likeness (QED) is 0.770. The predicted octanol–water partition coefficient (Wildman–Crippen LogP) is 2.16. The maximum atomic E-state index is 12.8. The smallest absolute Gasteiger partial charge is 0.224 e. The van der Waals surface area contributed by atoms with E-state index < -0.39 is 5.72 Å². The first-order valence-electron chi connectivity index (χ1n) is 9.85. The summed E-state index contributed by atoms with van der Waals surface area (Å²) in [6, 6.07) is 3.65. The van der Waals surface area contributed by atoms with Gasteiger partial charge in [-0.2, -0.15) is 0 Å². The SMILES string of the molecule is COc1cc(O)c2c(c1)[C@]13CCN4CC[C@H](C[C@H]1N2C(C)=O)C1=CCO[C@]143. The monoisotopic (exact) mass is 368 g/mol. The van der Waals surface area contributed by atoms with Gasteiger partial charge in [0.25, 0.3) is 0 Å². The van der Waals surface area contributed by atoms with Crippen molar-refractivity contribution < 1.29 is 19.4 Å². The molecule has 0 unspecified atom stereocenters. The fourth-order valence-electron chi connectivity index (χ4n) is 7.00. The number of fused-ring (bicyclic) bond motifs is 1. The van der Waals surface area contributed by atoms with E-state index in [1.54, 1.807) is 20.1 Å². The molecule has 0 aromatic heterocycles. The summed E-state index contributed by atoms with van der Waals surface area (Å²) in [4.78, 5) is 17.1. The average molecular weight is 368 g/mol. The highest BCUT2D eigenvalue weighted by Gasteiger charge is 2.76. The van der Waals surface area contributed by atoms with Crippen molar-refractivity contribution in [1.29, 1.82) is 0 Å². The molecule has 1 N–H and O–H groups in total. The van der Waals surface area contributed by atoms with Crippen LogP contribution in [-0.2, 0) is 14.9 Å². The van der Waals surface area contributed by atoms with Crippen LogP contribution in [0.4, 0.5) is 5.69 Å². The molecule has 2 spiro atoms. The Bertz CT molecular complexity index is 912. The number of benzene rings is 1. The Morgan fingerprint density at radius 2 is 2.22 bits per heavy atom. The maximum absolute atomic E-state index is 12.8. The Hall–Kier alpha value is -2.05. The van der Waals surface area contributed by atoms with Gasteiger partial charge in [-0.3, -0.25) is 9.69 Å². The third-order valence-corrected chi connectivity index (χ3v) is 7.75. The van der Waals surface area contributed by atoms with E-state index in [1.165, 1.54) is 5.57 Å². The minimum absolute atomic E-state index is 0.00792. The summed E-state index contributed by atoms with van der Waals surface area (Å²) in [5.41, 5.74) is 2.25. The lowest BCUT2D eigenvalue weighted by atomic mass is 9.56. The number of aromatic hydroxyl groups is 1. The third kappa shape index (κ3) is 1.53. The molecule has 6 rings (SSSR count). The van der Waals surface area contributed by atoms with Gasteiger partial charge in [-0.15, -0.1) is 0 Å². The molecule has 1 saturated carbocycles. The summed E-state index contributed by atoms with van der Waals surface area (Å²) in [7, 11) is 1.61. The summed E-state index contributed by atoms with van der Waals surface area (Å²) < 4.78 is 12.1. The molecule has 6 heteroatoms. The number of amides is 1. The fraction of sp³-hybridized carbons (Fsp3) is 0.571. The lowest BCUT2D eigenvalue weighted by Crippen LogP contribution is -2.69. The van der Waals surface area contributed by atoms with Crippen molar-refractivity contribution in [2.45, 2.75) is 43.4 Å². The van der Waals surface area contributed by atoms with Gasteiger partial charge < -0.3 is 19.5 Å². The number of anilines is 1. The summed E-state index contributed by atoms with van der Waals surface area (Å²) >= 11 is 0. The van der Waals surface area contributed by atoms with Crippen LogP contribution in [-0.4, -0.2) is 54.5 Å². The van der Waals surface area contributed by atoms with E-state index in [-0.39, 0.29) is 23.1 Å². The largest absolute Gasteiger partial charge is 0.506 e. The number of methoxy groups -OCH3 is 1. The normalized spacial score (nSPS) is 38.3. The Balaban J connectivity index is 1.70. The number of phenolic OH excluding ortho intramolecular Hbond substituents is 1. The molecule has 2 bridgehead atoms. The lowest BCUT2D eigenvalue weighted by molar-refractivity contribution is -0.158. The van der Waals surface area contributed by atoms with E-state index in [4.69, 9.17) is 9.47 Å². The Labute approximate surface area is 158 Å². The maximum Gasteiger partial charge on any atom is 0.224 e. The Morgan fingerprint density at radius 1 is 1.37 bits per heavy atom. The van der Waals surface area contributed by atoms with Gasteiger partial charge in [-0.05, 0) is 42.4 Å². The van der Waals surface area contributed by atoms with Crippen LogP contribution in [0.15, 0.2) is 23.8 Å². The second-order valence-electron chi connectivity index (χ2n) is 8.49. The van der Waals surface area contributed by atoms with Gasteiger partial charge in [-0.25, -0.2) is 0 Å².